The minimum absolute atomic E-state index is 0.331. The molecule has 0 fully saturated rings. The van der Waals surface area contributed by atoms with Gasteiger partial charge in [-0.1, -0.05) is 48.0 Å². The first kappa shape index (κ1) is 15.1. The van der Waals surface area contributed by atoms with Crippen molar-refractivity contribution in [1.29, 1.82) is 0 Å². The summed E-state index contributed by atoms with van der Waals surface area (Å²) in [4.78, 5) is 11.8. The minimum Gasteiger partial charge on any atom is -0.481 e. The van der Waals surface area contributed by atoms with Crippen LogP contribution < -0.4 is 10.2 Å². The first-order chi connectivity index (χ1) is 10.2. The Kier molecular flexibility index (Phi) is 5.35. The normalized spacial score (nSPS) is 12.1. The maximum Gasteiger partial charge on any atom is 0.280 e. The number of hydrogen-bond donors (Lipinski definition) is 1. The van der Waals surface area contributed by atoms with Crippen molar-refractivity contribution >= 4 is 23.7 Å². The summed E-state index contributed by atoms with van der Waals surface area (Å²) in [6, 6.07) is 16.4. The Morgan fingerprint density at radius 2 is 1.86 bits per heavy atom. The van der Waals surface area contributed by atoms with Gasteiger partial charge < -0.3 is 4.74 Å². The van der Waals surface area contributed by atoms with Gasteiger partial charge in [-0.25, -0.2) is 5.43 Å². The van der Waals surface area contributed by atoms with E-state index in [0.29, 0.717) is 10.8 Å². The minimum atomic E-state index is -0.643. The molecule has 0 radical (unpaired) electrons. The third kappa shape index (κ3) is 4.61. The van der Waals surface area contributed by atoms with E-state index in [9.17, 15) is 4.79 Å². The zero-order valence-electron chi connectivity index (χ0n) is 11.5. The molecule has 2 aromatic carbocycles. The second kappa shape index (κ2) is 7.45. The van der Waals surface area contributed by atoms with Crippen LogP contribution in [0.25, 0.3) is 0 Å². The molecule has 0 saturated carbocycles. The van der Waals surface area contributed by atoms with Crippen LogP contribution in [0.2, 0.25) is 5.02 Å². The number of nitrogens with zero attached hydrogens (tertiary/aromatic N) is 1. The topological polar surface area (TPSA) is 50.7 Å². The Morgan fingerprint density at radius 3 is 2.57 bits per heavy atom. The molecule has 4 nitrogen and oxygen atoms in total. The van der Waals surface area contributed by atoms with Crippen LogP contribution in [0.15, 0.2) is 59.7 Å². The van der Waals surface area contributed by atoms with Crippen molar-refractivity contribution in [1.82, 2.24) is 5.43 Å². The number of carbonyl (C=O) groups is 1. The zero-order chi connectivity index (χ0) is 15.1. The summed E-state index contributed by atoms with van der Waals surface area (Å²) in [5, 5.41) is 4.45. The number of hydrogen-bond acceptors (Lipinski definition) is 3. The number of carbonyl (C=O) groups excluding carboxylic acids is 1. The predicted octanol–water partition coefficient (Wildman–Crippen LogP) is 3.26. The van der Waals surface area contributed by atoms with E-state index in [1.165, 1.54) is 6.21 Å². The fraction of sp³-hybridized carbons (Fsp3) is 0.125. The first-order valence-electron chi connectivity index (χ1n) is 6.46. The molecule has 0 saturated heterocycles. The second-order valence-electron chi connectivity index (χ2n) is 4.33. The van der Waals surface area contributed by atoms with Crippen LogP contribution in [-0.2, 0) is 4.79 Å². The van der Waals surface area contributed by atoms with Crippen LogP contribution >= 0.6 is 11.6 Å². The highest BCUT2D eigenvalue weighted by molar-refractivity contribution is 6.33. The van der Waals surface area contributed by atoms with Gasteiger partial charge in [0.25, 0.3) is 5.91 Å². The second-order valence-corrected chi connectivity index (χ2v) is 4.74. The van der Waals surface area contributed by atoms with Gasteiger partial charge in [0, 0.05) is 10.6 Å². The fourth-order valence-corrected chi connectivity index (χ4v) is 1.78. The first-order valence-corrected chi connectivity index (χ1v) is 6.84. The van der Waals surface area contributed by atoms with Crippen molar-refractivity contribution in [3.8, 4) is 5.75 Å². The van der Waals surface area contributed by atoms with E-state index in [4.69, 9.17) is 16.3 Å². The highest BCUT2D eigenvalue weighted by Gasteiger charge is 2.13. The summed E-state index contributed by atoms with van der Waals surface area (Å²) in [6.45, 7) is 1.66. The maximum absolute atomic E-state index is 11.8. The summed E-state index contributed by atoms with van der Waals surface area (Å²) < 4.78 is 5.49. The molecule has 0 unspecified atom stereocenters. The van der Waals surface area contributed by atoms with E-state index < -0.39 is 6.10 Å². The quantitative estimate of drug-likeness (QED) is 0.681. The van der Waals surface area contributed by atoms with Gasteiger partial charge in [-0.3, -0.25) is 4.79 Å². The molecule has 0 aliphatic carbocycles. The molecule has 1 N–H and O–H groups in total. The SMILES string of the molecule is C[C@H](Oc1ccccc1)C(=O)N/N=C\c1ccccc1Cl. The average molecular weight is 303 g/mol. The van der Waals surface area contributed by atoms with Crippen molar-refractivity contribution < 1.29 is 9.53 Å². The number of nitrogens with one attached hydrogen (secondary N) is 1. The van der Waals surface area contributed by atoms with E-state index in [1.807, 2.05) is 36.4 Å². The number of hydrazone groups is 1. The molecule has 5 heteroatoms. The molecule has 0 bridgehead atoms. The lowest BCUT2D eigenvalue weighted by Crippen LogP contribution is -2.33. The molecule has 2 aromatic rings. The smallest absolute Gasteiger partial charge is 0.280 e. The van der Waals surface area contributed by atoms with Gasteiger partial charge in [-0.2, -0.15) is 5.10 Å². The Bertz CT molecular complexity index is 629. The summed E-state index contributed by atoms with van der Waals surface area (Å²) in [6.07, 6.45) is 0.853. The van der Waals surface area contributed by atoms with Crippen LogP contribution in [0.5, 0.6) is 5.75 Å². The van der Waals surface area contributed by atoms with Crippen molar-refractivity contribution in [2.45, 2.75) is 13.0 Å². The molecule has 0 aliphatic heterocycles. The molecule has 1 atom stereocenters. The average Bonchev–Trinajstić information content (AvgIpc) is 2.50. The molecule has 0 aliphatic rings. The Hall–Kier alpha value is -2.33. The molecule has 108 valence electrons. The number of rotatable bonds is 5. The zero-order valence-corrected chi connectivity index (χ0v) is 12.2. The van der Waals surface area contributed by atoms with Gasteiger partial charge in [-0.15, -0.1) is 0 Å². The highest BCUT2D eigenvalue weighted by atomic mass is 35.5. The Labute approximate surface area is 128 Å². The number of benzene rings is 2. The predicted molar refractivity (Wildman–Crippen MR) is 83.7 cm³/mol. The standard InChI is InChI=1S/C16H15ClN2O2/c1-12(21-14-8-3-2-4-9-14)16(20)19-18-11-13-7-5-6-10-15(13)17/h2-12H,1H3,(H,19,20)/b18-11-/t12-/m0/s1. The van der Waals surface area contributed by atoms with E-state index in [0.717, 1.165) is 5.56 Å². The van der Waals surface area contributed by atoms with Gasteiger partial charge in [0.1, 0.15) is 5.75 Å². The molecule has 0 spiro atoms. The van der Waals surface area contributed by atoms with Gasteiger partial charge in [0.2, 0.25) is 0 Å². The summed E-state index contributed by atoms with van der Waals surface area (Å²) in [5.74, 6) is 0.303. The van der Waals surface area contributed by atoms with Crippen LogP contribution in [0.1, 0.15) is 12.5 Å². The largest absolute Gasteiger partial charge is 0.481 e. The lowest BCUT2D eigenvalue weighted by molar-refractivity contribution is -0.127. The monoisotopic (exact) mass is 302 g/mol. The summed E-state index contributed by atoms with van der Waals surface area (Å²) in [7, 11) is 0. The lowest BCUT2D eigenvalue weighted by atomic mass is 10.2. The molecule has 1 amide bonds. The van der Waals surface area contributed by atoms with E-state index >= 15 is 0 Å². The lowest BCUT2D eigenvalue weighted by Gasteiger charge is -2.12. The number of para-hydroxylation sites is 1. The molecule has 0 aromatic heterocycles. The highest BCUT2D eigenvalue weighted by Crippen LogP contribution is 2.12. The van der Waals surface area contributed by atoms with Crippen LogP contribution in [-0.4, -0.2) is 18.2 Å². The molecular weight excluding hydrogens is 288 g/mol. The van der Waals surface area contributed by atoms with Gasteiger partial charge in [0.15, 0.2) is 6.10 Å². The van der Waals surface area contributed by atoms with E-state index in [1.54, 1.807) is 25.1 Å². The number of halogens is 1. The van der Waals surface area contributed by atoms with Crippen LogP contribution in [0, 0.1) is 0 Å². The molecule has 21 heavy (non-hydrogen) atoms. The molecule has 2 rings (SSSR count). The van der Waals surface area contributed by atoms with Crippen molar-refractivity contribution in [3.05, 3.63) is 65.2 Å². The molecule has 0 heterocycles. The number of amides is 1. The Morgan fingerprint density at radius 1 is 1.19 bits per heavy atom. The third-order valence-corrected chi connectivity index (χ3v) is 3.05. The van der Waals surface area contributed by atoms with Crippen molar-refractivity contribution in [2.24, 2.45) is 5.10 Å². The van der Waals surface area contributed by atoms with Crippen LogP contribution in [0.4, 0.5) is 0 Å². The summed E-state index contributed by atoms with van der Waals surface area (Å²) >= 11 is 5.98. The third-order valence-electron chi connectivity index (χ3n) is 2.71. The van der Waals surface area contributed by atoms with Crippen LogP contribution in [0.3, 0.4) is 0 Å². The van der Waals surface area contributed by atoms with E-state index in [-0.39, 0.29) is 5.91 Å². The van der Waals surface area contributed by atoms with Gasteiger partial charge >= 0.3 is 0 Å². The van der Waals surface area contributed by atoms with Crippen molar-refractivity contribution in [3.63, 3.8) is 0 Å². The Balaban J connectivity index is 1.88. The summed E-state index contributed by atoms with van der Waals surface area (Å²) in [5.41, 5.74) is 3.16. The number of ether oxygens (including phenoxy) is 1. The molecular formula is C16H15ClN2O2. The fourth-order valence-electron chi connectivity index (χ4n) is 1.59. The van der Waals surface area contributed by atoms with Gasteiger partial charge in [-0.05, 0) is 25.1 Å². The van der Waals surface area contributed by atoms with Gasteiger partial charge in [0.05, 0.1) is 6.21 Å². The maximum atomic E-state index is 11.8. The van der Waals surface area contributed by atoms with Crippen molar-refractivity contribution in [2.75, 3.05) is 0 Å². The van der Waals surface area contributed by atoms with E-state index in [2.05, 4.69) is 10.5 Å².